The van der Waals surface area contributed by atoms with Crippen LogP contribution >= 0.6 is 36.4 Å². The van der Waals surface area contributed by atoms with Gasteiger partial charge in [-0.15, -0.1) is 24.8 Å². The maximum atomic E-state index is 6.19. The molecule has 3 nitrogen and oxygen atoms in total. The second-order valence-electron chi connectivity index (χ2n) is 4.84. The first kappa shape index (κ1) is 17.9. The zero-order chi connectivity index (χ0) is 13.2. The number of fused-ring (bicyclic) bond motifs is 1. The van der Waals surface area contributed by atoms with Gasteiger partial charge in [-0.2, -0.15) is 0 Å². The molecule has 0 unspecified atom stereocenters. The molecule has 1 aromatic heterocycles. The maximum absolute atomic E-state index is 6.19. The van der Waals surface area contributed by atoms with Crippen LogP contribution in [-0.4, -0.2) is 11.5 Å². The third kappa shape index (κ3) is 3.73. The molecule has 1 aliphatic rings. The summed E-state index contributed by atoms with van der Waals surface area (Å²) in [6.45, 7) is 1.84. The van der Waals surface area contributed by atoms with Gasteiger partial charge in [0.05, 0.1) is 5.02 Å². The minimum absolute atomic E-state index is 0. The molecule has 0 aliphatic carbocycles. The Labute approximate surface area is 142 Å². The van der Waals surface area contributed by atoms with E-state index in [-0.39, 0.29) is 24.8 Å². The van der Waals surface area contributed by atoms with Crippen LogP contribution in [0.2, 0.25) is 5.02 Å². The molecule has 6 heteroatoms. The summed E-state index contributed by atoms with van der Waals surface area (Å²) in [5.41, 5.74) is 10.6. The zero-order valence-electron chi connectivity index (χ0n) is 11.5. The molecule has 2 aromatic rings. The smallest absolute Gasteiger partial charge is 0.0639 e. The lowest BCUT2D eigenvalue weighted by Gasteiger charge is -2.32. The van der Waals surface area contributed by atoms with Crippen LogP contribution in [0.4, 0.5) is 11.4 Å². The molecular formula is C15H18Cl3N3. The molecule has 0 amide bonds. The molecule has 1 aromatic carbocycles. The molecule has 1 aliphatic heterocycles. The predicted octanol–water partition coefficient (Wildman–Crippen LogP) is 4.11. The first-order chi connectivity index (χ1) is 9.25. The molecule has 21 heavy (non-hydrogen) atoms. The van der Waals surface area contributed by atoms with Gasteiger partial charge in [-0.3, -0.25) is 4.98 Å². The molecule has 0 fully saturated rings. The van der Waals surface area contributed by atoms with E-state index in [9.17, 15) is 0 Å². The summed E-state index contributed by atoms with van der Waals surface area (Å²) >= 11 is 6.19. The van der Waals surface area contributed by atoms with Gasteiger partial charge < -0.3 is 10.6 Å². The molecule has 2 heterocycles. The van der Waals surface area contributed by atoms with Crippen LogP contribution in [0.1, 0.15) is 17.5 Å². The SMILES string of the molecule is Cl.Cl.Nc1cccc2c1CCCN2Cc1ccncc1Cl. The van der Waals surface area contributed by atoms with Gasteiger partial charge in [0.25, 0.3) is 0 Å². The van der Waals surface area contributed by atoms with Crippen molar-refractivity contribution in [2.45, 2.75) is 19.4 Å². The van der Waals surface area contributed by atoms with Gasteiger partial charge in [-0.25, -0.2) is 0 Å². The minimum Gasteiger partial charge on any atom is -0.398 e. The number of hydrogen-bond donors (Lipinski definition) is 1. The van der Waals surface area contributed by atoms with Crippen LogP contribution in [0.5, 0.6) is 0 Å². The maximum Gasteiger partial charge on any atom is 0.0639 e. The Balaban J connectivity index is 0.00000110. The van der Waals surface area contributed by atoms with Crippen LogP contribution in [0, 0.1) is 0 Å². The fourth-order valence-electron chi connectivity index (χ4n) is 2.63. The van der Waals surface area contributed by atoms with Crippen LogP contribution in [0.25, 0.3) is 0 Å². The standard InChI is InChI=1S/C15H16ClN3.2ClH/c16-13-9-18-7-6-11(13)10-19-8-2-3-12-14(17)4-1-5-15(12)19;;/h1,4-7,9H,2-3,8,10,17H2;2*1H. The number of benzene rings is 1. The molecule has 0 radical (unpaired) electrons. The van der Waals surface area contributed by atoms with Gasteiger partial charge >= 0.3 is 0 Å². The van der Waals surface area contributed by atoms with E-state index in [4.69, 9.17) is 17.3 Å². The number of nitrogens with two attached hydrogens (primary N) is 1. The number of hydrogen-bond acceptors (Lipinski definition) is 3. The number of pyridine rings is 1. The van der Waals surface area contributed by atoms with Crippen molar-refractivity contribution < 1.29 is 0 Å². The second kappa shape index (κ2) is 7.74. The highest BCUT2D eigenvalue weighted by atomic mass is 35.5. The Morgan fingerprint density at radius 1 is 1.24 bits per heavy atom. The molecule has 0 bridgehead atoms. The van der Waals surface area contributed by atoms with Gasteiger partial charge in [0.1, 0.15) is 0 Å². The van der Waals surface area contributed by atoms with Crippen molar-refractivity contribution in [3.8, 4) is 0 Å². The highest BCUT2D eigenvalue weighted by molar-refractivity contribution is 6.31. The average molecular weight is 347 g/mol. The zero-order valence-corrected chi connectivity index (χ0v) is 13.8. The number of nitrogen functional groups attached to an aromatic ring is 1. The first-order valence-electron chi connectivity index (χ1n) is 6.46. The van der Waals surface area contributed by atoms with E-state index in [0.717, 1.165) is 42.2 Å². The van der Waals surface area contributed by atoms with Crippen molar-refractivity contribution in [3.63, 3.8) is 0 Å². The summed E-state index contributed by atoms with van der Waals surface area (Å²) in [5, 5.41) is 0.721. The minimum atomic E-state index is 0. The second-order valence-corrected chi connectivity index (χ2v) is 5.24. The topological polar surface area (TPSA) is 42.1 Å². The van der Waals surface area contributed by atoms with E-state index in [1.807, 2.05) is 18.2 Å². The van der Waals surface area contributed by atoms with Crippen molar-refractivity contribution in [1.82, 2.24) is 4.98 Å². The molecule has 0 saturated carbocycles. The third-order valence-electron chi connectivity index (χ3n) is 3.60. The average Bonchev–Trinajstić information content (AvgIpc) is 2.42. The van der Waals surface area contributed by atoms with Crippen molar-refractivity contribution in [1.29, 1.82) is 0 Å². The van der Waals surface area contributed by atoms with Crippen molar-refractivity contribution in [2.24, 2.45) is 0 Å². The monoisotopic (exact) mass is 345 g/mol. The Bertz CT molecular complexity index is 604. The van der Waals surface area contributed by atoms with Crippen molar-refractivity contribution in [2.75, 3.05) is 17.2 Å². The quantitative estimate of drug-likeness (QED) is 0.832. The number of halogens is 3. The first-order valence-corrected chi connectivity index (χ1v) is 6.84. The van der Waals surface area contributed by atoms with Crippen LogP contribution in [0.3, 0.4) is 0 Å². The molecule has 2 N–H and O–H groups in total. The summed E-state index contributed by atoms with van der Waals surface area (Å²) in [6, 6.07) is 8.10. The summed E-state index contributed by atoms with van der Waals surface area (Å²) in [4.78, 5) is 6.37. The van der Waals surface area contributed by atoms with Crippen LogP contribution in [-0.2, 0) is 13.0 Å². The summed E-state index contributed by atoms with van der Waals surface area (Å²) in [7, 11) is 0. The van der Waals surface area contributed by atoms with Crippen molar-refractivity contribution >= 4 is 47.8 Å². The van der Waals surface area contributed by atoms with Gasteiger partial charge in [-0.05, 0) is 42.2 Å². The van der Waals surface area contributed by atoms with Gasteiger partial charge in [-0.1, -0.05) is 17.7 Å². The Morgan fingerprint density at radius 3 is 2.81 bits per heavy atom. The van der Waals surface area contributed by atoms with E-state index < -0.39 is 0 Å². The molecule has 0 spiro atoms. The summed E-state index contributed by atoms with van der Waals surface area (Å²) in [6.07, 6.45) is 5.67. The van der Waals surface area contributed by atoms with Crippen LogP contribution in [0.15, 0.2) is 36.7 Å². The lowest BCUT2D eigenvalue weighted by molar-refractivity contribution is 0.692. The van der Waals surface area contributed by atoms with Gasteiger partial charge in [0, 0.05) is 36.9 Å². The molecule has 114 valence electrons. The van der Waals surface area contributed by atoms with Gasteiger partial charge in [0.2, 0.25) is 0 Å². The molecule has 0 saturated heterocycles. The Hall–Kier alpha value is -1.16. The van der Waals surface area contributed by atoms with E-state index >= 15 is 0 Å². The normalized spacial score (nSPS) is 12.9. The lowest BCUT2D eigenvalue weighted by atomic mass is 9.99. The van der Waals surface area contributed by atoms with Crippen LogP contribution < -0.4 is 10.6 Å². The summed E-state index contributed by atoms with van der Waals surface area (Å²) < 4.78 is 0. The number of nitrogens with zero attached hydrogens (tertiary/aromatic N) is 2. The predicted molar refractivity (Wildman–Crippen MR) is 94.0 cm³/mol. The molecular weight excluding hydrogens is 329 g/mol. The lowest BCUT2D eigenvalue weighted by Crippen LogP contribution is -2.29. The van der Waals surface area contributed by atoms with Gasteiger partial charge in [0.15, 0.2) is 0 Å². The highest BCUT2D eigenvalue weighted by Gasteiger charge is 2.19. The Kier molecular flexibility index (Phi) is 6.59. The number of anilines is 2. The van der Waals surface area contributed by atoms with E-state index in [1.54, 1.807) is 12.4 Å². The largest absolute Gasteiger partial charge is 0.398 e. The highest BCUT2D eigenvalue weighted by Crippen LogP contribution is 2.32. The summed E-state index contributed by atoms with van der Waals surface area (Å²) in [5.74, 6) is 0. The fourth-order valence-corrected chi connectivity index (χ4v) is 2.81. The third-order valence-corrected chi connectivity index (χ3v) is 3.94. The molecule has 3 rings (SSSR count). The number of rotatable bonds is 2. The molecule has 0 atom stereocenters. The van der Waals surface area contributed by atoms with Crippen molar-refractivity contribution in [3.05, 3.63) is 52.8 Å². The Morgan fingerprint density at radius 2 is 2.05 bits per heavy atom. The van der Waals surface area contributed by atoms with E-state index in [2.05, 4.69) is 16.0 Å². The number of aromatic nitrogens is 1. The van der Waals surface area contributed by atoms with E-state index in [0.29, 0.717) is 0 Å². The van der Waals surface area contributed by atoms with E-state index in [1.165, 1.54) is 11.3 Å². The fraction of sp³-hybridized carbons (Fsp3) is 0.267.